The molecule has 3 heteroatoms. The van der Waals surface area contributed by atoms with Crippen LogP contribution >= 0.6 is 23.2 Å². The van der Waals surface area contributed by atoms with Gasteiger partial charge in [0.25, 0.3) is 0 Å². The summed E-state index contributed by atoms with van der Waals surface area (Å²) >= 11 is 12.6. The zero-order valence-corrected chi connectivity index (χ0v) is 13.3. The number of nitrogens with one attached hydrogen (secondary N) is 1. The molecule has 1 saturated carbocycles. The van der Waals surface area contributed by atoms with E-state index in [-0.39, 0.29) is 0 Å². The summed E-state index contributed by atoms with van der Waals surface area (Å²) < 4.78 is 0. The molecule has 1 aliphatic rings. The fourth-order valence-electron chi connectivity index (χ4n) is 3.27. The van der Waals surface area contributed by atoms with Gasteiger partial charge in [0.2, 0.25) is 0 Å². The number of hydrogen-bond donors (Lipinski definition) is 1. The Morgan fingerprint density at radius 1 is 1.21 bits per heavy atom. The molecule has 2 rings (SSSR count). The Morgan fingerprint density at radius 2 is 1.79 bits per heavy atom. The number of rotatable bonds is 5. The van der Waals surface area contributed by atoms with E-state index in [0.29, 0.717) is 11.5 Å². The maximum Gasteiger partial charge on any atom is 0.0453 e. The fourth-order valence-corrected chi connectivity index (χ4v) is 3.83. The molecule has 1 aromatic rings. The highest BCUT2D eigenvalue weighted by atomic mass is 35.5. The molecule has 1 unspecified atom stereocenters. The Balaban J connectivity index is 2.21. The van der Waals surface area contributed by atoms with Gasteiger partial charge in [0.15, 0.2) is 0 Å². The standard InChI is InChI=1S/C16H23Cl2N/c1-3-19-15(16(2)9-4-5-10-16)11-12-13(17)7-6-8-14(12)18/h6-8,15,19H,3-5,9-11H2,1-2H3. The van der Waals surface area contributed by atoms with Crippen LogP contribution in [-0.4, -0.2) is 12.6 Å². The molecule has 0 heterocycles. The van der Waals surface area contributed by atoms with Crippen molar-refractivity contribution in [2.75, 3.05) is 6.54 Å². The van der Waals surface area contributed by atoms with Gasteiger partial charge in [-0.15, -0.1) is 0 Å². The maximum absolute atomic E-state index is 6.31. The summed E-state index contributed by atoms with van der Waals surface area (Å²) in [6.07, 6.45) is 6.20. The molecule has 0 saturated heterocycles. The molecule has 0 aromatic heterocycles. The van der Waals surface area contributed by atoms with Crippen molar-refractivity contribution in [1.29, 1.82) is 0 Å². The monoisotopic (exact) mass is 299 g/mol. The average molecular weight is 300 g/mol. The van der Waals surface area contributed by atoms with E-state index in [1.807, 2.05) is 18.2 Å². The minimum atomic E-state index is 0.374. The lowest BCUT2D eigenvalue weighted by Gasteiger charge is -2.35. The van der Waals surface area contributed by atoms with E-state index in [0.717, 1.165) is 28.6 Å². The second-order valence-corrected chi connectivity index (χ2v) is 6.69. The SMILES string of the molecule is CCNC(Cc1c(Cl)cccc1Cl)C1(C)CCCC1. The molecule has 1 fully saturated rings. The smallest absolute Gasteiger partial charge is 0.0453 e. The molecule has 1 aromatic carbocycles. The molecule has 1 atom stereocenters. The van der Waals surface area contributed by atoms with Crippen LogP contribution < -0.4 is 5.32 Å². The van der Waals surface area contributed by atoms with Crippen LogP contribution in [0.25, 0.3) is 0 Å². The first kappa shape index (κ1) is 15.2. The highest BCUT2D eigenvalue weighted by Crippen LogP contribution is 2.42. The predicted molar refractivity (Wildman–Crippen MR) is 84.2 cm³/mol. The Labute approximate surface area is 126 Å². The van der Waals surface area contributed by atoms with Crippen molar-refractivity contribution >= 4 is 23.2 Å². The quantitative estimate of drug-likeness (QED) is 0.798. The molecule has 0 aliphatic heterocycles. The summed E-state index contributed by atoms with van der Waals surface area (Å²) in [5.41, 5.74) is 1.46. The zero-order valence-electron chi connectivity index (χ0n) is 11.8. The third-order valence-corrected chi connectivity index (χ3v) is 5.22. The second-order valence-electron chi connectivity index (χ2n) is 5.88. The predicted octanol–water partition coefficient (Wildman–Crippen LogP) is 5.09. The summed E-state index contributed by atoms with van der Waals surface area (Å²) in [5.74, 6) is 0. The second kappa shape index (κ2) is 6.47. The first-order valence-electron chi connectivity index (χ1n) is 7.23. The fraction of sp³-hybridized carbons (Fsp3) is 0.625. The first-order chi connectivity index (χ1) is 9.07. The Hall–Kier alpha value is -0.240. The van der Waals surface area contributed by atoms with Crippen LogP contribution in [0.5, 0.6) is 0 Å². The van der Waals surface area contributed by atoms with Gasteiger partial charge in [-0.25, -0.2) is 0 Å². The van der Waals surface area contributed by atoms with Crippen molar-refractivity contribution in [2.45, 2.75) is 52.0 Å². The van der Waals surface area contributed by atoms with Crippen molar-refractivity contribution in [1.82, 2.24) is 5.32 Å². The summed E-state index contributed by atoms with van der Waals surface area (Å²) in [5, 5.41) is 5.23. The Kier molecular flexibility index (Phi) is 5.16. The zero-order chi connectivity index (χ0) is 13.9. The van der Waals surface area contributed by atoms with Crippen LogP contribution in [0, 0.1) is 5.41 Å². The van der Waals surface area contributed by atoms with E-state index in [4.69, 9.17) is 23.2 Å². The number of hydrogen-bond acceptors (Lipinski definition) is 1. The first-order valence-corrected chi connectivity index (χ1v) is 7.98. The van der Waals surface area contributed by atoms with Crippen molar-refractivity contribution in [3.63, 3.8) is 0 Å². The molecule has 0 radical (unpaired) electrons. The summed E-state index contributed by atoms with van der Waals surface area (Å²) in [6, 6.07) is 6.23. The normalized spacial score (nSPS) is 19.6. The van der Waals surface area contributed by atoms with Crippen LogP contribution in [-0.2, 0) is 6.42 Å². The molecular weight excluding hydrogens is 277 g/mol. The summed E-state index contributed by atoms with van der Waals surface area (Å²) in [4.78, 5) is 0. The minimum Gasteiger partial charge on any atom is -0.313 e. The largest absolute Gasteiger partial charge is 0.313 e. The number of benzene rings is 1. The van der Waals surface area contributed by atoms with E-state index in [1.54, 1.807) is 0 Å². The van der Waals surface area contributed by atoms with Gasteiger partial charge in [-0.1, -0.05) is 56.0 Å². The molecule has 0 bridgehead atoms. The molecule has 0 amide bonds. The van der Waals surface area contributed by atoms with E-state index in [1.165, 1.54) is 25.7 Å². The average Bonchev–Trinajstić information content (AvgIpc) is 2.81. The van der Waals surface area contributed by atoms with Crippen LogP contribution in [0.3, 0.4) is 0 Å². The molecular formula is C16H23Cl2N. The lowest BCUT2D eigenvalue weighted by atomic mass is 9.77. The molecule has 0 spiro atoms. The van der Waals surface area contributed by atoms with E-state index in [2.05, 4.69) is 19.2 Å². The molecule has 19 heavy (non-hydrogen) atoms. The van der Waals surface area contributed by atoms with Crippen LogP contribution in [0.4, 0.5) is 0 Å². The van der Waals surface area contributed by atoms with Crippen molar-refractivity contribution < 1.29 is 0 Å². The summed E-state index contributed by atoms with van der Waals surface area (Å²) in [7, 11) is 0. The van der Waals surface area contributed by atoms with E-state index >= 15 is 0 Å². The molecule has 1 aliphatic carbocycles. The van der Waals surface area contributed by atoms with Gasteiger partial charge in [0.1, 0.15) is 0 Å². The van der Waals surface area contributed by atoms with Gasteiger partial charge in [0, 0.05) is 16.1 Å². The maximum atomic E-state index is 6.31. The van der Waals surface area contributed by atoms with Crippen LogP contribution in [0.2, 0.25) is 10.0 Å². The number of likely N-dealkylation sites (N-methyl/N-ethyl adjacent to an activating group) is 1. The van der Waals surface area contributed by atoms with Crippen LogP contribution in [0.15, 0.2) is 18.2 Å². The van der Waals surface area contributed by atoms with E-state index < -0.39 is 0 Å². The van der Waals surface area contributed by atoms with Gasteiger partial charge >= 0.3 is 0 Å². The highest BCUT2D eigenvalue weighted by molar-refractivity contribution is 6.36. The van der Waals surface area contributed by atoms with Gasteiger partial charge in [0.05, 0.1) is 0 Å². The van der Waals surface area contributed by atoms with Crippen molar-refractivity contribution in [3.8, 4) is 0 Å². The third-order valence-electron chi connectivity index (χ3n) is 4.51. The molecule has 1 nitrogen and oxygen atoms in total. The lowest BCUT2D eigenvalue weighted by molar-refractivity contribution is 0.222. The van der Waals surface area contributed by atoms with Crippen LogP contribution in [0.1, 0.15) is 45.1 Å². The van der Waals surface area contributed by atoms with Gasteiger partial charge in [-0.3, -0.25) is 0 Å². The van der Waals surface area contributed by atoms with E-state index in [9.17, 15) is 0 Å². The van der Waals surface area contributed by atoms with Crippen molar-refractivity contribution in [3.05, 3.63) is 33.8 Å². The third kappa shape index (κ3) is 3.45. The molecule has 106 valence electrons. The number of halogens is 2. The minimum absolute atomic E-state index is 0.374. The summed E-state index contributed by atoms with van der Waals surface area (Å²) in [6.45, 7) is 5.56. The lowest BCUT2D eigenvalue weighted by Crippen LogP contribution is -2.43. The van der Waals surface area contributed by atoms with Gasteiger partial charge in [-0.2, -0.15) is 0 Å². The topological polar surface area (TPSA) is 12.0 Å². The molecule has 1 N–H and O–H groups in total. The van der Waals surface area contributed by atoms with Gasteiger partial charge < -0.3 is 5.32 Å². The highest BCUT2D eigenvalue weighted by Gasteiger charge is 2.36. The Bertz CT molecular complexity index is 405. The Morgan fingerprint density at radius 3 is 2.32 bits per heavy atom. The van der Waals surface area contributed by atoms with Gasteiger partial charge in [-0.05, 0) is 48.9 Å². The van der Waals surface area contributed by atoms with Crippen molar-refractivity contribution in [2.24, 2.45) is 5.41 Å².